The van der Waals surface area contributed by atoms with Crippen LogP contribution in [-0.2, 0) is 18.4 Å². The standard InChI is InChI=1S/C73H139N2O6P/c1-6-8-10-12-14-16-18-20-22-24-26-28-30-31-32-33-34-35-36-37-38-39-40-41-42-43-45-47-49-51-53-55-57-59-61-63-65-67-73(77)74-71(70-81-82(78,79)80-69-68-75(3,4)5)72(76)66-64-62-60-58-56-54-52-50-48-46-44-29-27-25-23-21-19-17-15-13-11-9-7-2/h8,10,14,16,20,22,26,28,64,66,71-72,76H,6-7,9,11-13,15,17-19,21,23-25,27,29-63,65,67-70H2,1-5H3,(H-,74,77,78,79)/b10-8-,16-14-,22-20-,28-26-,66-64+. The molecule has 1 amide bonds. The normalized spacial score (nSPS) is 14.0. The number of likely N-dealkylation sites (N-methyl/N-ethyl adjacent to an activating group) is 1. The van der Waals surface area contributed by atoms with E-state index in [2.05, 4.69) is 67.8 Å². The minimum atomic E-state index is -4.60. The summed E-state index contributed by atoms with van der Waals surface area (Å²) in [5.41, 5.74) is 0. The average molecular weight is 1170 g/mol. The van der Waals surface area contributed by atoms with E-state index in [9.17, 15) is 19.4 Å². The van der Waals surface area contributed by atoms with E-state index in [1.54, 1.807) is 6.08 Å². The number of carbonyl (C=O) groups is 1. The molecule has 8 nitrogen and oxygen atoms in total. The summed E-state index contributed by atoms with van der Waals surface area (Å²) >= 11 is 0. The lowest BCUT2D eigenvalue weighted by atomic mass is 10.0. The molecule has 0 spiro atoms. The molecule has 0 aromatic heterocycles. The Bertz CT molecular complexity index is 1520. The van der Waals surface area contributed by atoms with Gasteiger partial charge in [0.05, 0.1) is 39.9 Å². The maximum Gasteiger partial charge on any atom is 0.268 e. The highest BCUT2D eigenvalue weighted by atomic mass is 31.2. The van der Waals surface area contributed by atoms with Gasteiger partial charge >= 0.3 is 0 Å². The number of unbranched alkanes of at least 4 members (excludes halogenated alkanes) is 45. The zero-order valence-electron chi connectivity index (χ0n) is 55.2. The Balaban J connectivity index is 3.98. The Labute approximate surface area is 511 Å². The summed E-state index contributed by atoms with van der Waals surface area (Å²) in [6.45, 7) is 4.59. The number of hydrogen-bond acceptors (Lipinski definition) is 6. The van der Waals surface area contributed by atoms with Crippen LogP contribution in [0.15, 0.2) is 60.8 Å². The van der Waals surface area contributed by atoms with Crippen molar-refractivity contribution >= 4 is 13.7 Å². The fraction of sp³-hybridized carbons (Fsp3) is 0.849. The monoisotopic (exact) mass is 1170 g/mol. The van der Waals surface area contributed by atoms with E-state index in [-0.39, 0.29) is 19.1 Å². The number of phosphoric acid groups is 1. The lowest BCUT2D eigenvalue weighted by Gasteiger charge is -2.29. The van der Waals surface area contributed by atoms with Crippen LogP contribution in [0, 0.1) is 0 Å². The molecular formula is C73H139N2O6P. The van der Waals surface area contributed by atoms with Gasteiger partial charge in [-0.2, -0.15) is 0 Å². The molecule has 0 aliphatic rings. The van der Waals surface area contributed by atoms with E-state index in [4.69, 9.17) is 9.05 Å². The SMILES string of the molecule is CC/C=C\C/C=C\C/C=C\C/C=C\CCCCCCCCCCCCCCCCCCCCCCCCCCC(=O)NC(COP(=O)([O-])OCC[N+](C)(C)C)C(O)/C=C/CCCCCCCCCCCCCCCCCCCCCCC. The van der Waals surface area contributed by atoms with Gasteiger partial charge in [-0.1, -0.05) is 344 Å². The maximum atomic E-state index is 13.0. The molecule has 0 rings (SSSR count). The number of rotatable bonds is 66. The van der Waals surface area contributed by atoms with E-state index in [1.807, 2.05) is 27.2 Å². The molecule has 0 fully saturated rings. The van der Waals surface area contributed by atoms with Crippen LogP contribution in [-0.4, -0.2) is 68.5 Å². The number of phosphoric ester groups is 1. The van der Waals surface area contributed by atoms with Gasteiger partial charge in [-0.15, -0.1) is 0 Å². The zero-order valence-corrected chi connectivity index (χ0v) is 56.1. The lowest BCUT2D eigenvalue weighted by molar-refractivity contribution is -0.870. The van der Waals surface area contributed by atoms with Gasteiger partial charge in [-0.3, -0.25) is 9.36 Å². The first-order valence-electron chi connectivity index (χ1n) is 35.7. The highest BCUT2D eigenvalue weighted by Gasteiger charge is 2.23. The molecule has 0 aromatic rings. The van der Waals surface area contributed by atoms with Gasteiger partial charge < -0.3 is 28.8 Å². The summed E-state index contributed by atoms with van der Waals surface area (Å²) in [6, 6.07) is -0.887. The molecule has 0 radical (unpaired) electrons. The summed E-state index contributed by atoms with van der Waals surface area (Å²) in [5.74, 6) is -0.190. The molecule has 0 saturated carbocycles. The van der Waals surface area contributed by atoms with Gasteiger partial charge in [0.15, 0.2) is 0 Å². The van der Waals surface area contributed by atoms with Crippen LogP contribution in [0.1, 0.15) is 348 Å². The van der Waals surface area contributed by atoms with E-state index in [0.717, 1.165) is 64.2 Å². The van der Waals surface area contributed by atoms with Crippen molar-refractivity contribution in [1.82, 2.24) is 5.32 Å². The van der Waals surface area contributed by atoms with Crippen LogP contribution in [0.3, 0.4) is 0 Å². The van der Waals surface area contributed by atoms with E-state index in [0.29, 0.717) is 17.4 Å². The number of aliphatic hydroxyl groups excluding tert-OH is 1. The molecule has 0 bridgehead atoms. The predicted molar refractivity (Wildman–Crippen MR) is 357 cm³/mol. The molecule has 0 aromatic carbocycles. The fourth-order valence-corrected chi connectivity index (χ4v) is 11.5. The Morgan fingerprint density at radius 1 is 0.439 bits per heavy atom. The van der Waals surface area contributed by atoms with Crippen molar-refractivity contribution in [2.75, 3.05) is 40.9 Å². The van der Waals surface area contributed by atoms with Crippen molar-refractivity contribution in [3.8, 4) is 0 Å². The summed E-state index contributed by atoms with van der Waals surface area (Å²) in [7, 11) is 1.28. The Hall–Kier alpha value is -1.80. The van der Waals surface area contributed by atoms with Gasteiger partial charge in [0, 0.05) is 6.42 Å². The third-order valence-electron chi connectivity index (χ3n) is 16.2. The fourth-order valence-electron chi connectivity index (χ4n) is 10.7. The second kappa shape index (κ2) is 63.7. The summed E-state index contributed by atoms with van der Waals surface area (Å²) < 4.78 is 23.5. The number of carbonyl (C=O) groups excluding carboxylic acids is 1. The van der Waals surface area contributed by atoms with E-state index >= 15 is 0 Å². The summed E-state index contributed by atoms with van der Waals surface area (Å²) in [5, 5.41) is 14.0. The predicted octanol–water partition coefficient (Wildman–Crippen LogP) is 22.1. The number of amides is 1. The third-order valence-corrected chi connectivity index (χ3v) is 17.2. The van der Waals surface area contributed by atoms with Gasteiger partial charge in [0.25, 0.3) is 7.82 Å². The molecule has 0 aliphatic heterocycles. The van der Waals surface area contributed by atoms with Crippen molar-refractivity contribution < 1.29 is 32.9 Å². The Morgan fingerprint density at radius 2 is 0.744 bits per heavy atom. The number of nitrogens with zero attached hydrogens (tertiary/aromatic N) is 1. The van der Waals surface area contributed by atoms with Crippen molar-refractivity contribution in [2.24, 2.45) is 0 Å². The minimum absolute atomic E-state index is 0.000460. The number of aliphatic hydroxyl groups is 1. The highest BCUT2D eigenvalue weighted by Crippen LogP contribution is 2.38. The first-order chi connectivity index (χ1) is 40.0. The number of nitrogens with one attached hydrogen (secondary N) is 1. The molecule has 3 unspecified atom stereocenters. The van der Waals surface area contributed by atoms with E-state index in [1.165, 1.54) is 263 Å². The lowest BCUT2D eigenvalue weighted by Crippen LogP contribution is -2.45. The molecule has 9 heteroatoms. The van der Waals surface area contributed by atoms with Crippen molar-refractivity contribution in [2.45, 2.75) is 360 Å². The van der Waals surface area contributed by atoms with E-state index < -0.39 is 20.0 Å². The van der Waals surface area contributed by atoms with Gasteiger partial charge in [0.2, 0.25) is 5.91 Å². The summed E-state index contributed by atoms with van der Waals surface area (Å²) in [6.07, 6.45) is 87.8. The quantitative estimate of drug-likeness (QED) is 0.0272. The zero-order chi connectivity index (χ0) is 59.8. The van der Waals surface area contributed by atoms with Gasteiger partial charge in [0.1, 0.15) is 13.2 Å². The molecule has 82 heavy (non-hydrogen) atoms. The number of quaternary nitrogens is 1. The van der Waals surface area contributed by atoms with Crippen molar-refractivity contribution in [3.05, 3.63) is 60.8 Å². The Morgan fingerprint density at radius 3 is 1.09 bits per heavy atom. The molecule has 3 atom stereocenters. The molecular weight excluding hydrogens is 1030 g/mol. The topological polar surface area (TPSA) is 108 Å². The van der Waals surface area contributed by atoms with Crippen LogP contribution in [0.25, 0.3) is 0 Å². The maximum absolute atomic E-state index is 13.0. The molecule has 0 heterocycles. The first kappa shape index (κ1) is 80.2. The third kappa shape index (κ3) is 65.7. The second-order valence-electron chi connectivity index (χ2n) is 25.6. The average Bonchev–Trinajstić information content (AvgIpc) is 3.47. The second-order valence-corrected chi connectivity index (χ2v) is 27.0. The molecule has 0 saturated heterocycles. The molecule has 0 aliphatic carbocycles. The number of allylic oxidation sites excluding steroid dienone is 9. The highest BCUT2D eigenvalue weighted by molar-refractivity contribution is 7.45. The van der Waals surface area contributed by atoms with Crippen molar-refractivity contribution in [3.63, 3.8) is 0 Å². The van der Waals surface area contributed by atoms with Crippen LogP contribution in [0.2, 0.25) is 0 Å². The van der Waals surface area contributed by atoms with Crippen LogP contribution >= 0.6 is 7.82 Å². The van der Waals surface area contributed by atoms with Gasteiger partial charge in [-0.25, -0.2) is 0 Å². The van der Waals surface area contributed by atoms with Gasteiger partial charge in [-0.05, 0) is 57.8 Å². The van der Waals surface area contributed by atoms with Crippen LogP contribution < -0.4 is 10.2 Å². The molecule has 2 N–H and O–H groups in total. The smallest absolute Gasteiger partial charge is 0.268 e. The van der Waals surface area contributed by atoms with Crippen LogP contribution in [0.4, 0.5) is 0 Å². The van der Waals surface area contributed by atoms with Crippen molar-refractivity contribution in [1.29, 1.82) is 0 Å². The molecule has 482 valence electrons. The number of hydrogen-bond donors (Lipinski definition) is 2. The summed E-state index contributed by atoms with van der Waals surface area (Å²) in [4.78, 5) is 25.6. The first-order valence-corrected chi connectivity index (χ1v) is 37.1. The Kier molecular flexibility index (Phi) is 62.3. The largest absolute Gasteiger partial charge is 0.756 e. The van der Waals surface area contributed by atoms with Crippen LogP contribution in [0.5, 0.6) is 0 Å². The minimum Gasteiger partial charge on any atom is -0.756 e.